The van der Waals surface area contributed by atoms with Crippen LogP contribution < -0.4 is 4.74 Å². The van der Waals surface area contributed by atoms with Crippen LogP contribution in [0.25, 0.3) is 0 Å². The van der Waals surface area contributed by atoms with Gasteiger partial charge < -0.3 is 14.7 Å². The average Bonchev–Trinajstić information content (AvgIpc) is 2.54. The monoisotopic (exact) mass is 305 g/mol. The average molecular weight is 305 g/mol. The molecule has 5 heteroatoms. The number of hydrogen-bond donors (Lipinski definition) is 1. The predicted molar refractivity (Wildman–Crippen MR) is 82.9 cm³/mol. The number of benzene rings is 1. The summed E-state index contributed by atoms with van der Waals surface area (Å²) in [5.74, 6) is -0.127. The maximum absolute atomic E-state index is 12.3. The van der Waals surface area contributed by atoms with Crippen molar-refractivity contribution in [2.45, 2.75) is 32.6 Å². The molecule has 0 spiro atoms. The number of hydrogen-bond acceptors (Lipinski definition) is 3. The van der Waals surface area contributed by atoms with Gasteiger partial charge in [0.2, 0.25) is 5.91 Å². The highest BCUT2D eigenvalue weighted by molar-refractivity contribution is 5.77. The molecule has 0 radical (unpaired) electrons. The van der Waals surface area contributed by atoms with Crippen molar-refractivity contribution in [3.63, 3.8) is 0 Å². The number of ether oxygens (including phenoxy) is 1. The molecule has 1 aliphatic rings. The van der Waals surface area contributed by atoms with E-state index in [1.54, 1.807) is 4.90 Å². The molecule has 1 aromatic carbocycles. The fraction of sp³-hybridized carbons (Fsp3) is 0.529. The molecule has 22 heavy (non-hydrogen) atoms. The lowest BCUT2D eigenvalue weighted by molar-refractivity contribution is -0.145. The summed E-state index contributed by atoms with van der Waals surface area (Å²) < 4.78 is 5.57. The summed E-state index contributed by atoms with van der Waals surface area (Å²) in [5, 5.41) is 8.98. The van der Waals surface area contributed by atoms with Crippen molar-refractivity contribution in [1.82, 2.24) is 4.90 Å². The van der Waals surface area contributed by atoms with Gasteiger partial charge >= 0.3 is 5.97 Å². The lowest BCUT2D eigenvalue weighted by Crippen LogP contribution is -2.40. The molecule has 0 aliphatic carbocycles. The number of nitrogens with zero attached hydrogens (tertiary/aromatic N) is 1. The van der Waals surface area contributed by atoms with Crippen molar-refractivity contribution in [3.05, 3.63) is 29.8 Å². The standard InChI is InChI=1S/C17H23NO4/c1-2-22-15-6-4-3-5-13(15)7-8-16(19)18-11-9-14(10-12-18)17(20)21/h3-6,14H,2,7-12H2,1H3,(H,20,21). The number of rotatable bonds is 6. The molecule has 1 saturated heterocycles. The summed E-state index contributed by atoms with van der Waals surface area (Å²) >= 11 is 0. The van der Waals surface area contributed by atoms with Crippen LogP contribution in [0.2, 0.25) is 0 Å². The third-order valence-electron chi connectivity index (χ3n) is 4.08. The molecule has 0 saturated carbocycles. The van der Waals surface area contributed by atoms with Crippen molar-refractivity contribution in [2.24, 2.45) is 5.92 Å². The van der Waals surface area contributed by atoms with E-state index in [2.05, 4.69) is 0 Å². The quantitative estimate of drug-likeness (QED) is 0.876. The van der Waals surface area contributed by atoms with Gasteiger partial charge in [0.15, 0.2) is 0 Å². The van der Waals surface area contributed by atoms with Gasteiger partial charge in [0.05, 0.1) is 12.5 Å². The van der Waals surface area contributed by atoms with E-state index in [9.17, 15) is 9.59 Å². The Morgan fingerprint density at radius 2 is 1.95 bits per heavy atom. The Morgan fingerprint density at radius 3 is 2.59 bits per heavy atom. The Hall–Kier alpha value is -2.04. The number of carboxylic acid groups (broad SMARTS) is 1. The van der Waals surface area contributed by atoms with Gasteiger partial charge in [-0.1, -0.05) is 18.2 Å². The summed E-state index contributed by atoms with van der Waals surface area (Å²) in [6.07, 6.45) is 2.18. The number of para-hydroxylation sites is 1. The number of amides is 1. The number of likely N-dealkylation sites (tertiary alicyclic amines) is 1. The molecule has 1 N–H and O–H groups in total. The van der Waals surface area contributed by atoms with Gasteiger partial charge in [0.1, 0.15) is 5.75 Å². The highest BCUT2D eigenvalue weighted by Crippen LogP contribution is 2.21. The molecule has 1 fully saturated rings. The number of carbonyl (C=O) groups is 2. The molecule has 1 aliphatic heterocycles. The van der Waals surface area contributed by atoms with Gasteiger partial charge in [-0.05, 0) is 37.8 Å². The maximum atomic E-state index is 12.3. The lowest BCUT2D eigenvalue weighted by atomic mass is 9.96. The Bertz CT molecular complexity index is 521. The second-order valence-corrected chi connectivity index (χ2v) is 5.53. The molecule has 1 amide bonds. The van der Waals surface area contributed by atoms with Crippen LogP contribution >= 0.6 is 0 Å². The zero-order valence-corrected chi connectivity index (χ0v) is 13.0. The van der Waals surface area contributed by atoms with Crippen LogP contribution in [0.4, 0.5) is 0 Å². The zero-order valence-electron chi connectivity index (χ0n) is 13.0. The molecule has 0 bridgehead atoms. The van der Waals surface area contributed by atoms with E-state index in [1.807, 2.05) is 31.2 Å². The van der Waals surface area contributed by atoms with E-state index in [0.29, 0.717) is 45.4 Å². The largest absolute Gasteiger partial charge is 0.494 e. The van der Waals surface area contributed by atoms with Gasteiger partial charge in [0.25, 0.3) is 0 Å². The van der Waals surface area contributed by atoms with Crippen LogP contribution in [0.3, 0.4) is 0 Å². The SMILES string of the molecule is CCOc1ccccc1CCC(=O)N1CCC(C(=O)O)CC1. The predicted octanol–water partition coefficient (Wildman–Crippen LogP) is 2.34. The first kappa shape index (κ1) is 16.3. The third-order valence-corrected chi connectivity index (χ3v) is 4.08. The van der Waals surface area contributed by atoms with E-state index >= 15 is 0 Å². The normalized spacial score (nSPS) is 15.6. The van der Waals surface area contributed by atoms with Gasteiger partial charge in [-0.2, -0.15) is 0 Å². The van der Waals surface area contributed by atoms with Gasteiger partial charge in [-0.3, -0.25) is 9.59 Å². The van der Waals surface area contributed by atoms with Crippen LogP contribution in [-0.2, 0) is 16.0 Å². The topological polar surface area (TPSA) is 66.8 Å². The first-order valence-corrected chi connectivity index (χ1v) is 7.83. The van der Waals surface area contributed by atoms with Crippen molar-refractivity contribution >= 4 is 11.9 Å². The minimum absolute atomic E-state index is 0.0927. The van der Waals surface area contributed by atoms with Crippen molar-refractivity contribution in [3.8, 4) is 5.75 Å². The van der Waals surface area contributed by atoms with Gasteiger partial charge in [-0.15, -0.1) is 0 Å². The zero-order chi connectivity index (χ0) is 15.9. The molecular formula is C17H23NO4. The molecule has 120 valence electrons. The smallest absolute Gasteiger partial charge is 0.306 e. The number of piperidine rings is 1. The Morgan fingerprint density at radius 1 is 1.27 bits per heavy atom. The Labute approximate surface area is 130 Å². The summed E-state index contributed by atoms with van der Waals surface area (Å²) in [7, 11) is 0. The number of carbonyl (C=O) groups excluding carboxylic acids is 1. The summed E-state index contributed by atoms with van der Waals surface area (Å²) in [4.78, 5) is 25.0. The van der Waals surface area contributed by atoms with E-state index in [0.717, 1.165) is 11.3 Å². The molecule has 2 rings (SSSR count). The maximum Gasteiger partial charge on any atom is 0.306 e. The third kappa shape index (κ3) is 4.23. The molecular weight excluding hydrogens is 282 g/mol. The first-order chi connectivity index (χ1) is 10.6. The van der Waals surface area contributed by atoms with Gasteiger partial charge in [-0.25, -0.2) is 0 Å². The van der Waals surface area contributed by atoms with Crippen molar-refractivity contribution in [2.75, 3.05) is 19.7 Å². The second kappa shape index (κ2) is 7.82. The Kier molecular flexibility index (Phi) is 5.81. The van der Waals surface area contributed by atoms with Gasteiger partial charge in [0, 0.05) is 19.5 Å². The van der Waals surface area contributed by atoms with E-state index < -0.39 is 5.97 Å². The molecule has 1 aromatic rings. The van der Waals surface area contributed by atoms with Crippen molar-refractivity contribution < 1.29 is 19.4 Å². The molecule has 0 unspecified atom stereocenters. The van der Waals surface area contributed by atoms with Crippen LogP contribution in [0.15, 0.2) is 24.3 Å². The summed E-state index contributed by atoms with van der Waals surface area (Å²) in [6, 6.07) is 7.77. The van der Waals surface area contributed by atoms with E-state index in [-0.39, 0.29) is 11.8 Å². The minimum atomic E-state index is -0.752. The van der Waals surface area contributed by atoms with Crippen LogP contribution in [0.5, 0.6) is 5.75 Å². The van der Waals surface area contributed by atoms with Crippen molar-refractivity contribution in [1.29, 1.82) is 0 Å². The molecule has 0 atom stereocenters. The first-order valence-electron chi connectivity index (χ1n) is 7.83. The lowest BCUT2D eigenvalue weighted by Gasteiger charge is -2.30. The minimum Gasteiger partial charge on any atom is -0.494 e. The fourth-order valence-corrected chi connectivity index (χ4v) is 2.78. The number of aryl methyl sites for hydroxylation is 1. The Balaban J connectivity index is 1.85. The fourth-order valence-electron chi connectivity index (χ4n) is 2.78. The van der Waals surface area contributed by atoms with Crippen LogP contribution in [0.1, 0.15) is 31.7 Å². The highest BCUT2D eigenvalue weighted by Gasteiger charge is 2.26. The summed E-state index contributed by atoms with van der Waals surface area (Å²) in [6.45, 7) is 3.63. The summed E-state index contributed by atoms with van der Waals surface area (Å²) in [5.41, 5.74) is 1.04. The van der Waals surface area contributed by atoms with Crippen LogP contribution in [0, 0.1) is 5.92 Å². The molecule has 0 aromatic heterocycles. The number of carboxylic acids is 1. The second-order valence-electron chi connectivity index (χ2n) is 5.53. The van der Waals surface area contributed by atoms with Crippen LogP contribution in [-0.4, -0.2) is 41.6 Å². The highest BCUT2D eigenvalue weighted by atomic mass is 16.5. The molecule has 1 heterocycles. The van der Waals surface area contributed by atoms with E-state index in [1.165, 1.54) is 0 Å². The number of aliphatic carboxylic acids is 1. The molecule has 5 nitrogen and oxygen atoms in total. The van der Waals surface area contributed by atoms with E-state index in [4.69, 9.17) is 9.84 Å².